The van der Waals surface area contributed by atoms with Crippen molar-refractivity contribution in [1.29, 1.82) is 0 Å². The summed E-state index contributed by atoms with van der Waals surface area (Å²) in [7, 11) is 0. The van der Waals surface area contributed by atoms with Gasteiger partial charge in [0.1, 0.15) is 5.75 Å². The van der Waals surface area contributed by atoms with Crippen LogP contribution in [0.2, 0.25) is 0 Å². The van der Waals surface area contributed by atoms with Crippen LogP contribution in [0.15, 0.2) is 35.8 Å². The summed E-state index contributed by atoms with van der Waals surface area (Å²) < 4.78 is 5.51. The lowest BCUT2D eigenvalue weighted by Gasteiger charge is -2.32. The average Bonchev–Trinajstić information content (AvgIpc) is 3.09. The Morgan fingerprint density at radius 1 is 1.35 bits per heavy atom. The third kappa shape index (κ3) is 4.45. The molecule has 1 fully saturated rings. The number of nitrogens with zero attached hydrogens (tertiary/aromatic N) is 2. The highest BCUT2D eigenvalue weighted by Gasteiger charge is 2.22. The average molecular weight is 331 g/mol. The first kappa shape index (κ1) is 15.8. The van der Waals surface area contributed by atoms with Gasteiger partial charge in [0.25, 0.3) is 5.91 Å². The normalized spacial score (nSPS) is 15.4. The summed E-state index contributed by atoms with van der Waals surface area (Å²) in [5.74, 6) is 0.669. The van der Waals surface area contributed by atoms with Crippen LogP contribution in [0.5, 0.6) is 5.75 Å². The Balaban J connectivity index is 1.40. The van der Waals surface area contributed by atoms with Gasteiger partial charge in [0.05, 0.1) is 0 Å². The molecular formula is C17H21N3O2S. The number of thiazole rings is 1. The van der Waals surface area contributed by atoms with Gasteiger partial charge in [0, 0.05) is 30.7 Å². The second kappa shape index (κ2) is 7.46. The van der Waals surface area contributed by atoms with Crippen molar-refractivity contribution in [3.05, 3.63) is 41.4 Å². The number of piperidine rings is 1. The molecule has 6 heteroatoms. The predicted octanol–water partition coefficient (Wildman–Crippen LogP) is 2.62. The zero-order valence-corrected chi connectivity index (χ0v) is 14.0. The highest BCUT2D eigenvalue weighted by atomic mass is 32.1. The summed E-state index contributed by atoms with van der Waals surface area (Å²) in [6.45, 7) is 3.94. The van der Waals surface area contributed by atoms with Crippen LogP contribution in [0.25, 0.3) is 0 Å². The minimum absolute atomic E-state index is 0.0572. The van der Waals surface area contributed by atoms with Crippen molar-refractivity contribution in [2.45, 2.75) is 25.8 Å². The van der Waals surface area contributed by atoms with Gasteiger partial charge in [-0.05, 0) is 31.9 Å². The standard InChI is InChI=1S/C17H21N3O2S/c1-13-2-4-15(5-3-13)22-12-16(21)19-14-6-9-20(10-7-14)17-18-8-11-23-17/h2-5,8,11,14H,6-7,9-10,12H2,1H3,(H,19,21). The molecule has 2 aromatic rings. The molecule has 1 aromatic heterocycles. The minimum Gasteiger partial charge on any atom is -0.484 e. The Kier molecular flexibility index (Phi) is 5.12. The van der Waals surface area contributed by atoms with E-state index in [9.17, 15) is 4.79 Å². The number of nitrogens with one attached hydrogen (secondary N) is 1. The Bertz CT molecular complexity index is 620. The van der Waals surface area contributed by atoms with Gasteiger partial charge in [0.2, 0.25) is 0 Å². The first-order valence-corrected chi connectivity index (χ1v) is 8.72. The van der Waals surface area contributed by atoms with Crippen LogP contribution in [-0.2, 0) is 4.79 Å². The van der Waals surface area contributed by atoms with Crippen molar-refractivity contribution in [1.82, 2.24) is 10.3 Å². The lowest BCUT2D eigenvalue weighted by Crippen LogP contribution is -2.46. The van der Waals surface area contributed by atoms with E-state index in [1.165, 1.54) is 5.56 Å². The second-order valence-corrected chi connectivity index (χ2v) is 6.62. The zero-order valence-electron chi connectivity index (χ0n) is 13.2. The first-order chi connectivity index (χ1) is 11.2. The summed E-state index contributed by atoms with van der Waals surface area (Å²) in [5.41, 5.74) is 1.17. The highest BCUT2D eigenvalue weighted by Crippen LogP contribution is 2.21. The molecule has 0 spiro atoms. The third-order valence-corrected chi connectivity index (χ3v) is 4.77. The summed E-state index contributed by atoms with van der Waals surface area (Å²) in [5, 5.41) is 6.12. The fraction of sp³-hybridized carbons (Fsp3) is 0.412. The third-order valence-electron chi connectivity index (χ3n) is 3.94. The highest BCUT2D eigenvalue weighted by molar-refractivity contribution is 7.13. The molecular weight excluding hydrogens is 310 g/mol. The number of benzene rings is 1. The van der Waals surface area contributed by atoms with Crippen LogP contribution in [0.3, 0.4) is 0 Å². The maximum atomic E-state index is 12.0. The maximum absolute atomic E-state index is 12.0. The van der Waals surface area contributed by atoms with Crippen molar-refractivity contribution < 1.29 is 9.53 Å². The number of amides is 1. The number of carbonyl (C=O) groups excluding carboxylic acids is 1. The van der Waals surface area contributed by atoms with Gasteiger partial charge in [-0.2, -0.15) is 0 Å². The molecule has 0 aliphatic carbocycles. The van der Waals surface area contributed by atoms with Crippen molar-refractivity contribution in [3.63, 3.8) is 0 Å². The molecule has 1 saturated heterocycles. The number of anilines is 1. The molecule has 0 unspecified atom stereocenters. The van der Waals surface area contributed by atoms with E-state index < -0.39 is 0 Å². The van der Waals surface area contributed by atoms with Gasteiger partial charge in [-0.3, -0.25) is 4.79 Å². The van der Waals surface area contributed by atoms with Gasteiger partial charge in [0.15, 0.2) is 11.7 Å². The van der Waals surface area contributed by atoms with Crippen LogP contribution in [-0.4, -0.2) is 36.6 Å². The van der Waals surface area contributed by atoms with E-state index in [2.05, 4.69) is 15.2 Å². The van der Waals surface area contributed by atoms with E-state index in [1.807, 2.05) is 42.8 Å². The van der Waals surface area contributed by atoms with Crippen molar-refractivity contribution in [3.8, 4) is 5.75 Å². The topological polar surface area (TPSA) is 54.5 Å². The molecule has 0 radical (unpaired) electrons. The molecule has 1 amide bonds. The number of aromatic nitrogens is 1. The molecule has 0 bridgehead atoms. The number of rotatable bonds is 5. The van der Waals surface area contributed by atoms with Crippen LogP contribution in [0.4, 0.5) is 5.13 Å². The van der Waals surface area contributed by atoms with Gasteiger partial charge in [-0.15, -0.1) is 11.3 Å². The lowest BCUT2D eigenvalue weighted by atomic mass is 10.1. The van der Waals surface area contributed by atoms with Crippen LogP contribution < -0.4 is 15.0 Å². The molecule has 1 aliphatic rings. The van der Waals surface area contributed by atoms with E-state index in [4.69, 9.17) is 4.74 Å². The van der Waals surface area contributed by atoms with Crippen molar-refractivity contribution in [2.24, 2.45) is 0 Å². The summed E-state index contributed by atoms with van der Waals surface area (Å²) in [6, 6.07) is 7.94. The largest absolute Gasteiger partial charge is 0.484 e. The fourth-order valence-corrected chi connectivity index (χ4v) is 3.34. The van der Waals surface area contributed by atoms with E-state index in [0.717, 1.165) is 36.8 Å². The minimum atomic E-state index is -0.0572. The van der Waals surface area contributed by atoms with Gasteiger partial charge < -0.3 is 15.0 Å². The molecule has 1 N–H and O–H groups in total. The first-order valence-electron chi connectivity index (χ1n) is 7.84. The molecule has 5 nitrogen and oxygen atoms in total. The smallest absolute Gasteiger partial charge is 0.258 e. The fourth-order valence-electron chi connectivity index (χ4n) is 2.64. The van der Waals surface area contributed by atoms with Crippen molar-refractivity contribution >= 4 is 22.4 Å². The van der Waals surface area contributed by atoms with Gasteiger partial charge in [-0.1, -0.05) is 17.7 Å². The predicted molar refractivity (Wildman–Crippen MR) is 92.2 cm³/mol. The molecule has 2 heterocycles. The molecule has 0 atom stereocenters. The lowest BCUT2D eigenvalue weighted by molar-refractivity contribution is -0.123. The Labute approximate surface area is 140 Å². The van der Waals surface area contributed by atoms with E-state index in [0.29, 0.717) is 0 Å². The number of ether oxygens (including phenoxy) is 1. The second-order valence-electron chi connectivity index (χ2n) is 5.75. The summed E-state index contributed by atoms with van der Waals surface area (Å²) in [6.07, 6.45) is 3.71. The number of aryl methyl sites for hydroxylation is 1. The molecule has 23 heavy (non-hydrogen) atoms. The number of hydrogen-bond donors (Lipinski definition) is 1. The maximum Gasteiger partial charge on any atom is 0.258 e. The molecule has 1 aromatic carbocycles. The van der Waals surface area contributed by atoms with E-state index in [-0.39, 0.29) is 18.6 Å². The molecule has 3 rings (SSSR count). The molecule has 122 valence electrons. The Hall–Kier alpha value is -2.08. The van der Waals surface area contributed by atoms with Crippen molar-refractivity contribution in [2.75, 3.05) is 24.6 Å². The van der Waals surface area contributed by atoms with Crippen LogP contribution in [0, 0.1) is 6.92 Å². The summed E-state index contributed by atoms with van der Waals surface area (Å²) >= 11 is 1.66. The molecule has 1 aliphatic heterocycles. The zero-order chi connectivity index (χ0) is 16.1. The number of carbonyl (C=O) groups is 1. The summed E-state index contributed by atoms with van der Waals surface area (Å²) in [4.78, 5) is 18.6. The van der Waals surface area contributed by atoms with E-state index in [1.54, 1.807) is 11.3 Å². The van der Waals surface area contributed by atoms with Gasteiger partial charge in [-0.25, -0.2) is 4.98 Å². The Morgan fingerprint density at radius 2 is 2.09 bits per heavy atom. The monoisotopic (exact) mass is 331 g/mol. The van der Waals surface area contributed by atoms with E-state index >= 15 is 0 Å². The SMILES string of the molecule is Cc1ccc(OCC(=O)NC2CCN(c3nccs3)CC2)cc1. The van der Waals surface area contributed by atoms with Crippen LogP contribution in [0.1, 0.15) is 18.4 Å². The quantitative estimate of drug-likeness (QED) is 0.915. The van der Waals surface area contributed by atoms with Gasteiger partial charge >= 0.3 is 0 Å². The van der Waals surface area contributed by atoms with Crippen LogP contribution >= 0.6 is 11.3 Å². The Morgan fingerprint density at radius 3 is 2.74 bits per heavy atom. The molecule has 0 saturated carbocycles. The number of hydrogen-bond acceptors (Lipinski definition) is 5.